The summed E-state index contributed by atoms with van der Waals surface area (Å²) in [6.45, 7) is 3.65. The molecule has 0 atom stereocenters. The molecule has 0 saturated heterocycles. The fourth-order valence-electron chi connectivity index (χ4n) is 0.203. The lowest BCUT2D eigenvalue weighted by Crippen LogP contribution is -1.95. The lowest BCUT2D eigenvalue weighted by Gasteiger charge is -1.89. The summed E-state index contributed by atoms with van der Waals surface area (Å²) in [6, 6.07) is 0. The highest BCUT2D eigenvalue weighted by atomic mass is 16.5. The van der Waals surface area contributed by atoms with Gasteiger partial charge in [0.15, 0.2) is 0 Å². The molecule has 8 heavy (non-hydrogen) atoms. The van der Waals surface area contributed by atoms with Crippen LogP contribution in [0, 0.1) is 0 Å². The molecule has 0 bridgehead atoms. The van der Waals surface area contributed by atoms with Crippen molar-refractivity contribution in [3.05, 3.63) is 0 Å². The third-order valence-electron chi connectivity index (χ3n) is 0.348. The molecule has 0 aromatic rings. The molecule has 0 amide bonds. The van der Waals surface area contributed by atoms with Crippen LogP contribution < -0.4 is 5.73 Å². The minimum atomic E-state index is -0.211. The Hall–Kier alpha value is -0.570. The third kappa shape index (κ3) is 18.0. The summed E-state index contributed by atoms with van der Waals surface area (Å²) in [7, 11) is 1.50. The van der Waals surface area contributed by atoms with Gasteiger partial charge in [0.1, 0.15) is 0 Å². The zero-order valence-corrected chi connectivity index (χ0v) is 5.60. The van der Waals surface area contributed by atoms with Crippen molar-refractivity contribution in [2.24, 2.45) is 5.73 Å². The monoisotopic (exact) mass is 119 g/mol. The number of rotatable bonds is 1. The fraction of sp³-hybridized carbons (Fsp3) is 0.800. The normalized spacial score (nSPS) is 6.50. The summed E-state index contributed by atoms with van der Waals surface area (Å²) in [4.78, 5) is 9.82. The minimum absolute atomic E-state index is 0.211. The number of carbonyl (C=O) groups is 1. The Morgan fingerprint density at radius 1 is 1.62 bits per heavy atom. The van der Waals surface area contributed by atoms with Crippen molar-refractivity contribution in [2.45, 2.75) is 13.8 Å². The molecule has 2 N–H and O–H groups in total. The standard InChI is InChI=1S/C4H8O2.CH5N/c1-3-6-4(2)5;1-2/h3H2,1-2H3;2H2,1H3. The quantitative estimate of drug-likeness (QED) is 0.500. The Bertz CT molecular complexity index is 54.4. The lowest BCUT2D eigenvalue weighted by atomic mass is 10.8. The van der Waals surface area contributed by atoms with E-state index in [1.165, 1.54) is 14.0 Å². The average Bonchev–Trinajstić information content (AvgIpc) is 1.72. The van der Waals surface area contributed by atoms with Crippen molar-refractivity contribution in [3.8, 4) is 0 Å². The Morgan fingerprint density at radius 3 is 2.00 bits per heavy atom. The van der Waals surface area contributed by atoms with E-state index in [1.54, 1.807) is 6.92 Å². The molecule has 0 aliphatic carbocycles. The molecular formula is C5H13NO2. The van der Waals surface area contributed by atoms with Gasteiger partial charge in [0.05, 0.1) is 6.61 Å². The molecule has 0 aliphatic heterocycles. The molecule has 3 nitrogen and oxygen atoms in total. The number of hydrogen-bond acceptors (Lipinski definition) is 3. The second-order valence-electron chi connectivity index (χ2n) is 0.925. The van der Waals surface area contributed by atoms with Crippen LogP contribution in [0.4, 0.5) is 0 Å². The van der Waals surface area contributed by atoms with Crippen LogP contribution in [-0.4, -0.2) is 19.6 Å². The van der Waals surface area contributed by atoms with Gasteiger partial charge < -0.3 is 10.5 Å². The highest BCUT2D eigenvalue weighted by Gasteiger charge is 1.81. The van der Waals surface area contributed by atoms with Gasteiger partial charge in [-0.3, -0.25) is 4.79 Å². The van der Waals surface area contributed by atoms with Gasteiger partial charge in [-0.15, -0.1) is 0 Å². The third-order valence-corrected chi connectivity index (χ3v) is 0.348. The summed E-state index contributed by atoms with van der Waals surface area (Å²) < 4.78 is 4.40. The summed E-state index contributed by atoms with van der Waals surface area (Å²) in [6.07, 6.45) is 0. The highest BCUT2D eigenvalue weighted by molar-refractivity contribution is 5.65. The van der Waals surface area contributed by atoms with E-state index in [9.17, 15) is 4.79 Å². The fourth-order valence-corrected chi connectivity index (χ4v) is 0.203. The van der Waals surface area contributed by atoms with Gasteiger partial charge in [0, 0.05) is 6.92 Å². The Kier molecular flexibility index (Phi) is 12.6. The van der Waals surface area contributed by atoms with Crippen LogP contribution in [0.1, 0.15) is 13.8 Å². The highest BCUT2D eigenvalue weighted by Crippen LogP contribution is 1.69. The van der Waals surface area contributed by atoms with E-state index in [1.807, 2.05) is 0 Å². The Balaban J connectivity index is 0. The largest absolute Gasteiger partial charge is 0.466 e. The van der Waals surface area contributed by atoms with E-state index in [-0.39, 0.29) is 5.97 Å². The van der Waals surface area contributed by atoms with E-state index in [4.69, 9.17) is 0 Å². The number of carbonyl (C=O) groups excluding carboxylic acids is 1. The smallest absolute Gasteiger partial charge is 0.302 e. The average molecular weight is 119 g/mol. The van der Waals surface area contributed by atoms with Gasteiger partial charge in [0.25, 0.3) is 0 Å². The van der Waals surface area contributed by atoms with Crippen molar-refractivity contribution in [1.29, 1.82) is 0 Å². The number of hydrogen-bond donors (Lipinski definition) is 1. The van der Waals surface area contributed by atoms with Crippen LogP contribution >= 0.6 is 0 Å². The van der Waals surface area contributed by atoms with Crippen LogP contribution in [0.3, 0.4) is 0 Å². The molecule has 0 aliphatic rings. The number of ether oxygens (including phenoxy) is 1. The van der Waals surface area contributed by atoms with E-state index in [0.717, 1.165) is 0 Å². The van der Waals surface area contributed by atoms with Gasteiger partial charge in [-0.1, -0.05) is 0 Å². The minimum Gasteiger partial charge on any atom is -0.466 e. The second kappa shape index (κ2) is 9.66. The first-order valence-electron chi connectivity index (χ1n) is 2.48. The predicted molar refractivity (Wildman–Crippen MR) is 32.4 cm³/mol. The van der Waals surface area contributed by atoms with Crippen molar-refractivity contribution < 1.29 is 9.53 Å². The maximum Gasteiger partial charge on any atom is 0.302 e. The van der Waals surface area contributed by atoms with Crippen LogP contribution in [0.15, 0.2) is 0 Å². The van der Waals surface area contributed by atoms with Gasteiger partial charge in [-0.05, 0) is 14.0 Å². The van der Waals surface area contributed by atoms with E-state index >= 15 is 0 Å². The molecule has 0 spiro atoms. The van der Waals surface area contributed by atoms with Gasteiger partial charge in [-0.2, -0.15) is 0 Å². The molecule has 0 radical (unpaired) electrons. The first-order valence-corrected chi connectivity index (χ1v) is 2.48. The molecule has 0 rings (SSSR count). The van der Waals surface area contributed by atoms with Crippen molar-refractivity contribution >= 4 is 5.97 Å². The number of nitrogens with two attached hydrogens (primary N) is 1. The van der Waals surface area contributed by atoms with Crippen LogP contribution in [0.25, 0.3) is 0 Å². The molecule has 0 heterocycles. The molecule has 0 fully saturated rings. The van der Waals surface area contributed by atoms with Gasteiger partial charge in [0.2, 0.25) is 0 Å². The molecular weight excluding hydrogens is 106 g/mol. The topological polar surface area (TPSA) is 52.3 Å². The van der Waals surface area contributed by atoms with Gasteiger partial charge in [-0.25, -0.2) is 0 Å². The Labute approximate surface area is 49.8 Å². The second-order valence-corrected chi connectivity index (χ2v) is 0.925. The number of esters is 1. The summed E-state index contributed by atoms with van der Waals surface area (Å²) in [5, 5.41) is 0. The van der Waals surface area contributed by atoms with Crippen molar-refractivity contribution in [2.75, 3.05) is 13.7 Å². The van der Waals surface area contributed by atoms with Crippen LogP contribution in [0.2, 0.25) is 0 Å². The lowest BCUT2D eigenvalue weighted by molar-refractivity contribution is -0.140. The van der Waals surface area contributed by atoms with Crippen LogP contribution in [0.5, 0.6) is 0 Å². The first-order chi connectivity index (χ1) is 3.77. The maximum absolute atomic E-state index is 9.82. The Morgan fingerprint density at radius 2 is 2.00 bits per heavy atom. The summed E-state index contributed by atoms with van der Waals surface area (Å²) >= 11 is 0. The first kappa shape index (κ1) is 10.4. The molecule has 0 unspecified atom stereocenters. The van der Waals surface area contributed by atoms with E-state index in [0.29, 0.717) is 6.61 Å². The van der Waals surface area contributed by atoms with Crippen molar-refractivity contribution in [1.82, 2.24) is 0 Å². The van der Waals surface area contributed by atoms with Crippen molar-refractivity contribution in [3.63, 3.8) is 0 Å². The zero-order chi connectivity index (χ0) is 6.99. The van der Waals surface area contributed by atoms with E-state index in [2.05, 4.69) is 10.5 Å². The molecule has 3 heteroatoms. The molecule has 0 aromatic heterocycles. The predicted octanol–water partition coefficient (Wildman–Crippen LogP) is 0.144. The molecule has 0 aromatic carbocycles. The molecule has 0 saturated carbocycles. The van der Waals surface area contributed by atoms with Gasteiger partial charge >= 0.3 is 5.97 Å². The van der Waals surface area contributed by atoms with E-state index < -0.39 is 0 Å². The maximum atomic E-state index is 9.82. The SMILES string of the molecule is CCOC(C)=O.CN. The summed E-state index contributed by atoms with van der Waals surface area (Å²) in [5.41, 5.74) is 4.50. The summed E-state index contributed by atoms with van der Waals surface area (Å²) in [5.74, 6) is -0.211. The van der Waals surface area contributed by atoms with Crippen LogP contribution in [-0.2, 0) is 9.53 Å². The zero-order valence-electron chi connectivity index (χ0n) is 5.60. The molecule has 50 valence electrons.